The summed E-state index contributed by atoms with van der Waals surface area (Å²) in [6.45, 7) is 0. The summed E-state index contributed by atoms with van der Waals surface area (Å²) in [5.74, 6) is -1.06. The number of hydrogen-bond donors (Lipinski definition) is 2. The van der Waals surface area contributed by atoms with E-state index in [4.69, 9.17) is 39.5 Å². The smallest absolute Gasteiger partial charge is 0.283 e. The average molecular weight is 517 g/mol. The van der Waals surface area contributed by atoms with E-state index in [1.165, 1.54) is 7.11 Å². The van der Waals surface area contributed by atoms with E-state index >= 15 is 0 Å². The van der Waals surface area contributed by atoms with E-state index in [2.05, 4.69) is 10.6 Å². The highest BCUT2D eigenvalue weighted by Crippen LogP contribution is 2.32. The van der Waals surface area contributed by atoms with E-state index in [9.17, 15) is 14.4 Å². The molecule has 0 unspecified atom stereocenters. The zero-order valence-electron chi connectivity index (χ0n) is 17.6. The number of ether oxygens (including phenoxy) is 1. The number of methoxy groups -OCH3 is 1. The van der Waals surface area contributed by atoms with Gasteiger partial charge in [0.25, 0.3) is 17.7 Å². The van der Waals surface area contributed by atoms with E-state index in [-0.39, 0.29) is 15.8 Å². The van der Waals surface area contributed by atoms with Crippen LogP contribution in [-0.4, -0.2) is 24.8 Å². The fraction of sp³-hybridized carbons (Fsp3) is 0.0417. The van der Waals surface area contributed by atoms with Crippen LogP contribution in [0, 0.1) is 0 Å². The quantitative estimate of drug-likeness (QED) is 0.411. The molecule has 3 amide bonds. The Hall–Kier alpha value is -3.52. The van der Waals surface area contributed by atoms with Gasteiger partial charge in [-0.15, -0.1) is 0 Å². The van der Waals surface area contributed by atoms with E-state index in [0.29, 0.717) is 33.4 Å². The minimum atomic E-state index is -0.645. The molecule has 0 saturated carbocycles. The fourth-order valence-electron chi connectivity index (χ4n) is 3.22. The summed E-state index contributed by atoms with van der Waals surface area (Å²) in [7, 11) is 1.52. The summed E-state index contributed by atoms with van der Waals surface area (Å²) >= 11 is 18.3. The zero-order valence-corrected chi connectivity index (χ0v) is 19.8. The molecule has 0 spiro atoms. The monoisotopic (exact) mass is 515 g/mol. The number of amides is 3. The predicted molar refractivity (Wildman–Crippen MR) is 133 cm³/mol. The maximum absolute atomic E-state index is 12.9. The van der Waals surface area contributed by atoms with Crippen LogP contribution in [0.4, 0.5) is 17.1 Å². The Kier molecular flexibility index (Phi) is 6.79. The number of imide groups is 1. The maximum Gasteiger partial charge on any atom is 0.283 e. The van der Waals surface area contributed by atoms with Gasteiger partial charge in [0.05, 0.1) is 28.5 Å². The summed E-state index contributed by atoms with van der Waals surface area (Å²) in [5.41, 5.74) is 1.48. The second-order valence-corrected chi connectivity index (χ2v) is 8.25. The molecule has 34 heavy (non-hydrogen) atoms. The lowest BCUT2D eigenvalue weighted by Gasteiger charge is -2.15. The van der Waals surface area contributed by atoms with Gasteiger partial charge in [0.2, 0.25) is 0 Å². The van der Waals surface area contributed by atoms with Crippen molar-refractivity contribution in [1.29, 1.82) is 0 Å². The lowest BCUT2D eigenvalue weighted by atomic mass is 10.2. The van der Waals surface area contributed by atoms with Gasteiger partial charge in [-0.2, -0.15) is 0 Å². The van der Waals surface area contributed by atoms with Crippen molar-refractivity contribution in [2.24, 2.45) is 0 Å². The predicted octanol–water partition coefficient (Wildman–Crippen LogP) is 5.69. The molecular weight excluding hydrogens is 501 g/mol. The lowest BCUT2D eigenvalue weighted by molar-refractivity contribution is -0.120. The van der Waals surface area contributed by atoms with Crippen molar-refractivity contribution in [2.75, 3.05) is 22.6 Å². The Labute approximate surface area is 209 Å². The topological polar surface area (TPSA) is 87.7 Å². The number of carbonyl (C=O) groups excluding carboxylic acids is 3. The van der Waals surface area contributed by atoms with Gasteiger partial charge in [-0.1, -0.05) is 40.9 Å². The van der Waals surface area contributed by atoms with Crippen molar-refractivity contribution < 1.29 is 19.1 Å². The number of anilines is 3. The Balaban J connectivity index is 1.48. The minimum Gasteiger partial charge on any atom is -0.497 e. The molecule has 0 aliphatic carbocycles. The standard InChI is InChI=1S/C24H16Cl3N3O4/c1-34-16-11-9-15(10-12-16)30-23(32)20(27)21(24(30)33)28-14-7-5-13(6-8-14)22(31)29-18-4-2-3-17(25)19(18)26/h2-12,28H,1H3,(H,29,31). The number of benzene rings is 3. The van der Waals surface area contributed by atoms with Crippen LogP contribution in [-0.2, 0) is 9.59 Å². The third kappa shape index (κ3) is 4.59. The summed E-state index contributed by atoms with van der Waals surface area (Å²) < 4.78 is 5.10. The van der Waals surface area contributed by atoms with Crippen LogP contribution in [0.2, 0.25) is 10.0 Å². The molecular formula is C24H16Cl3N3O4. The molecule has 2 N–H and O–H groups in total. The van der Waals surface area contributed by atoms with Gasteiger partial charge in [0.15, 0.2) is 0 Å². The van der Waals surface area contributed by atoms with Crippen molar-refractivity contribution in [2.45, 2.75) is 0 Å². The molecule has 1 heterocycles. The molecule has 3 aromatic rings. The average Bonchev–Trinajstić information content (AvgIpc) is 3.05. The molecule has 4 rings (SSSR count). The molecule has 172 valence electrons. The van der Waals surface area contributed by atoms with Crippen molar-refractivity contribution in [3.05, 3.63) is 93.1 Å². The molecule has 0 radical (unpaired) electrons. The van der Waals surface area contributed by atoms with Crippen molar-refractivity contribution in [3.8, 4) is 5.75 Å². The van der Waals surface area contributed by atoms with Gasteiger partial charge >= 0.3 is 0 Å². The molecule has 7 nitrogen and oxygen atoms in total. The van der Waals surface area contributed by atoms with Crippen LogP contribution >= 0.6 is 34.8 Å². The molecule has 1 aliphatic heterocycles. The second-order valence-electron chi connectivity index (χ2n) is 7.09. The minimum absolute atomic E-state index is 0.0644. The van der Waals surface area contributed by atoms with Gasteiger partial charge in [-0.05, 0) is 60.7 Å². The number of halogens is 3. The number of nitrogens with zero attached hydrogens (tertiary/aromatic N) is 1. The van der Waals surface area contributed by atoms with E-state index in [1.807, 2.05) is 0 Å². The summed E-state index contributed by atoms with van der Waals surface area (Å²) in [6.07, 6.45) is 0. The first kappa shape index (κ1) is 23.6. The van der Waals surface area contributed by atoms with Crippen LogP contribution in [0.25, 0.3) is 0 Å². The first-order chi connectivity index (χ1) is 16.3. The third-order valence-corrected chi connectivity index (χ3v) is 6.14. The van der Waals surface area contributed by atoms with Gasteiger partial charge < -0.3 is 15.4 Å². The number of carbonyl (C=O) groups is 3. The van der Waals surface area contributed by atoms with Gasteiger partial charge in [-0.3, -0.25) is 14.4 Å². The molecule has 10 heteroatoms. The third-order valence-electron chi connectivity index (χ3n) is 4.97. The normalized spacial score (nSPS) is 13.4. The lowest BCUT2D eigenvalue weighted by Crippen LogP contribution is -2.32. The van der Waals surface area contributed by atoms with Gasteiger partial charge in [0, 0.05) is 11.3 Å². The van der Waals surface area contributed by atoms with Crippen LogP contribution < -0.4 is 20.3 Å². The van der Waals surface area contributed by atoms with Crippen LogP contribution in [0.15, 0.2) is 77.5 Å². The van der Waals surface area contributed by atoms with E-state index < -0.39 is 17.7 Å². The zero-order chi connectivity index (χ0) is 24.4. The first-order valence-electron chi connectivity index (χ1n) is 9.85. The Morgan fingerprint density at radius 1 is 0.882 bits per heavy atom. The van der Waals surface area contributed by atoms with Crippen molar-refractivity contribution in [1.82, 2.24) is 0 Å². The molecule has 1 aliphatic rings. The van der Waals surface area contributed by atoms with Gasteiger partial charge in [-0.25, -0.2) is 4.90 Å². The van der Waals surface area contributed by atoms with Crippen LogP contribution in [0.5, 0.6) is 5.75 Å². The van der Waals surface area contributed by atoms with Crippen LogP contribution in [0.1, 0.15) is 10.4 Å². The molecule has 0 saturated heterocycles. The van der Waals surface area contributed by atoms with E-state index in [1.54, 1.807) is 66.7 Å². The fourth-order valence-corrected chi connectivity index (χ4v) is 3.78. The Bertz CT molecular complexity index is 1320. The largest absolute Gasteiger partial charge is 0.497 e. The highest BCUT2D eigenvalue weighted by atomic mass is 35.5. The highest BCUT2D eigenvalue weighted by Gasteiger charge is 2.39. The molecule has 0 atom stereocenters. The maximum atomic E-state index is 12.9. The first-order valence-corrected chi connectivity index (χ1v) is 11.0. The molecule has 3 aromatic carbocycles. The van der Waals surface area contributed by atoms with Crippen molar-refractivity contribution in [3.63, 3.8) is 0 Å². The Morgan fingerprint density at radius 2 is 1.56 bits per heavy atom. The van der Waals surface area contributed by atoms with Crippen molar-refractivity contribution >= 4 is 69.6 Å². The molecule has 0 fully saturated rings. The van der Waals surface area contributed by atoms with Crippen LogP contribution in [0.3, 0.4) is 0 Å². The summed E-state index contributed by atoms with van der Waals surface area (Å²) in [5, 5.41) is 5.88. The van der Waals surface area contributed by atoms with Gasteiger partial charge in [0.1, 0.15) is 16.5 Å². The summed E-state index contributed by atoms with van der Waals surface area (Å²) in [6, 6.07) is 17.6. The second kappa shape index (κ2) is 9.77. The molecule has 0 aromatic heterocycles. The number of rotatable bonds is 6. The highest BCUT2D eigenvalue weighted by molar-refractivity contribution is 6.53. The molecule has 0 bridgehead atoms. The SMILES string of the molecule is COc1ccc(N2C(=O)C(Cl)=C(Nc3ccc(C(=O)Nc4cccc(Cl)c4Cl)cc3)C2=O)cc1. The number of hydrogen-bond acceptors (Lipinski definition) is 5. The number of nitrogens with one attached hydrogen (secondary N) is 2. The Morgan fingerprint density at radius 3 is 2.21 bits per heavy atom. The van der Waals surface area contributed by atoms with E-state index in [0.717, 1.165) is 4.90 Å². The summed E-state index contributed by atoms with van der Waals surface area (Å²) in [4.78, 5) is 39.0.